The van der Waals surface area contributed by atoms with E-state index in [2.05, 4.69) is 54.5 Å². The molecule has 0 spiro atoms. The number of nitrogens with one attached hydrogen (secondary N) is 1. The smallest absolute Gasteiger partial charge is 0.0363 e. The highest BCUT2D eigenvalue weighted by molar-refractivity contribution is 5.45. The monoisotopic (exact) mass is 286 g/mol. The van der Waals surface area contributed by atoms with Crippen LogP contribution in [0.4, 0.5) is 5.69 Å². The fourth-order valence-corrected chi connectivity index (χ4v) is 4.05. The van der Waals surface area contributed by atoms with E-state index < -0.39 is 0 Å². The second kappa shape index (κ2) is 6.39. The Morgan fingerprint density at radius 3 is 2.62 bits per heavy atom. The number of anilines is 1. The molecular formula is C19H30N2. The molecule has 2 fully saturated rings. The van der Waals surface area contributed by atoms with E-state index >= 15 is 0 Å². The zero-order valence-electron chi connectivity index (χ0n) is 13.6. The van der Waals surface area contributed by atoms with Crippen molar-refractivity contribution < 1.29 is 0 Å². The Labute approximate surface area is 129 Å². The molecule has 0 saturated heterocycles. The number of hydrogen-bond donors (Lipinski definition) is 1. The minimum absolute atomic E-state index is 0.463. The van der Waals surface area contributed by atoms with Crippen LogP contribution in [0.2, 0.25) is 0 Å². The Morgan fingerprint density at radius 2 is 1.95 bits per heavy atom. The topological polar surface area (TPSA) is 15.3 Å². The number of para-hydroxylation sites is 1. The van der Waals surface area contributed by atoms with Gasteiger partial charge in [-0.05, 0) is 43.7 Å². The summed E-state index contributed by atoms with van der Waals surface area (Å²) in [6.07, 6.45) is 8.36. The largest absolute Gasteiger partial charge is 0.374 e. The normalized spacial score (nSPS) is 29.3. The third-order valence-corrected chi connectivity index (χ3v) is 5.30. The SMILES string of the molecule is CC1CCCC(CNC2CC2)(CN(C)c2ccccc2)C1. The molecule has 2 aliphatic carbocycles. The van der Waals surface area contributed by atoms with Crippen molar-refractivity contribution in [1.29, 1.82) is 0 Å². The van der Waals surface area contributed by atoms with Crippen LogP contribution in [-0.2, 0) is 0 Å². The van der Waals surface area contributed by atoms with Crippen molar-refractivity contribution in [2.75, 3.05) is 25.0 Å². The molecule has 0 bridgehead atoms. The number of nitrogens with zero attached hydrogens (tertiary/aromatic N) is 1. The third kappa shape index (κ3) is 4.00. The van der Waals surface area contributed by atoms with Gasteiger partial charge >= 0.3 is 0 Å². The van der Waals surface area contributed by atoms with Gasteiger partial charge in [0.05, 0.1) is 0 Å². The molecule has 1 aromatic carbocycles. The Kier molecular flexibility index (Phi) is 4.54. The molecule has 3 rings (SSSR count). The molecule has 0 aromatic heterocycles. The molecule has 0 amide bonds. The maximum atomic E-state index is 3.82. The predicted octanol–water partition coefficient (Wildman–Crippen LogP) is 4.07. The standard InChI is InChI=1S/C19H30N2/c1-16-7-6-12-19(13-16,14-20-17-10-11-17)15-21(2)18-8-4-3-5-9-18/h3-5,8-9,16-17,20H,6-7,10-15H2,1-2H3. The van der Waals surface area contributed by atoms with E-state index in [1.54, 1.807) is 0 Å². The molecule has 0 aliphatic heterocycles. The van der Waals surface area contributed by atoms with E-state index in [1.807, 2.05) is 0 Å². The van der Waals surface area contributed by atoms with Crippen molar-refractivity contribution in [3.8, 4) is 0 Å². The van der Waals surface area contributed by atoms with E-state index in [0.29, 0.717) is 5.41 Å². The van der Waals surface area contributed by atoms with E-state index in [4.69, 9.17) is 0 Å². The lowest BCUT2D eigenvalue weighted by Crippen LogP contribution is -2.46. The van der Waals surface area contributed by atoms with Gasteiger partial charge in [0.15, 0.2) is 0 Å². The summed E-state index contributed by atoms with van der Waals surface area (Å²) in [5, 5.41) is 3.82. The van der Waals surface area contributed by atoms with Crippen LogP contribution in [0.3, 0.4) is 0 Å². The lowest BCUT2D eigenvalue weighted by Gasteiger charge is -2.43. The van der Waals surface area contributed by atoms with Gasteiger partial charge in [0.25, 0.3) is 0 Å². The molecule has 2 unspecified atom stereocenters. The van der Waals surface area contributed by atoms with Crippen LogP contribution in [0.1, 0.15) is 45.4 Å². The van der Waals surface area contributed by atoms with E-state index in [1.165, 1.54) is 57.3 Å². The Morgan fingerprint density at radius 1 is 1.19 bits per heavy atom. The van der Waals surface area contributed by atoms with Gasteiger partial charge in [-0.2, -0.15) is 0 Å². The van der Waals surface area contributed by atoms with Crippen molar-refractivity contribution >= 4 is 5.69 Å². The molecule has 2 aliphatic rings. The van der Waals surface area contributed by atoms with E-state index in [-0.39, 0.29) is 0 Å². The van der Waals surface area contributed by atoms with Crippen molar-refractivity contribution in [2.24, 2.45) is 11.3 Å². The summed E-state index contributed by atoms with van der Waals surface area (Å²) in [5.41, 5.74) is 1.81. The van der Waals surface area contributed by atoms with Gasteiger partial charge in [-0.3, -0.25) is 0 Å². The second-order valence-corrected chi connectivity index (χ2v) is 7.55. The number of benzene rings is 1. The first-order valence-electron chi connectivity index (χ1n) is 8.66. The van der Waals surface area contributed by atoms with E-state index in [0.717, 1.165) is 12.0 Å². The van der Waals surface area contributed by atoms with Crippen LogP contribution in [0.25, 0.3) is 0 Å². The molecule has 0 heterocycles. The first-order chi connectivity index (χ1) is 10.2. The highest BCUT2D eigenvalue weighted by atomic mass is 15.1. The molecule has 0 radical (unpaired) electrons. The van der Waals surface area contributed by atoms with Crippen molar-refractivity contribution in [1.82, 2.24) is 5.32 Å². The number of hydrogen-bond acceptors (Lipinski definition) is 2. The fourth-order valence-electron chi connectivity index (χ4n) is 4.05. The molecule has 2 heteroatoms. The summed E-state index contributed by atoms with van der Waals surface area (Å²) in [6.45, 7) is 4.83. The van der Waals surface area contributed by atoms with Crippen LogP contribution < -0.4 is 10.2 Å². The minimum Gasteiger partial charge on any atom is -0.374 e. The van der Waals surface area contributed by atoms with Gasteiger partial charge in [0.1, 0.15) is 0 Å². The van der Waals surface area contributed by atoms with E-state index in [9.17, 15) is 0 Å². The zero-order valence-corrected chi connectivity index (χ0v) is 13.6. The van der Waals surface area contributed by atoms with Crippen LogP contribution in [-0.4, -0.2) is 26.2 Å². The maximum absolute atomic E-state index is 3.82. The average Bonchev–Trinajstić information content (AvgIpc) is 3.30. The van der Waals surface area contributed by atoms with Gasteiger partial charge < -0.3 is 10.2 Å². The van der Waals surface area contributed by atoms with Crippen molar-refractivity contribution in [3.63, 3.8) is 0 Å². The summed E-state index contributed by atoms with van der Waals surface area (Å²) in [4.78, 5) is 2.46. The lowest BCUT2D eigenvalue weighted by molar-refractivity contribution is 0.148. The van der Waals surface area contributed by atoms with Crippen molar-refractivity contribution in [3.05, 3.63) is 30.3 Å². The lowest BCUT2D eigenvalue weighted by atomic mass is 9.69. The third-order valence-electron chi connectivity index (χ3n) is 5.30. The molecule has 2 atom stereocenters. The molecule has 1 N–H and O–H groups in total. The van der Waals surface area contributed by atoms with Crippen molar-refractivity contribution in [2.45, 2.75) is 51.5 Å². The molecule has 21 heavy (non-hydrogen) atoms. The predicted molar refractivity (Wildman–Crippen MR) is 90.8 cm³/mol. The number of rotatable bonds is 6. The summed E-state index contributed by atoms with van der Waals surface area (Å²) >= 11 is 0. The zero-order chi connectivity index (χ0) is 14.7. The summed E-state index contributed by atoms with van der Waals surface area (Å²) in [6, 6.07) is 11.7. The minimum atomic E-state index is 0.463. The quantitative estimate of drug-likeness (QED) is 0.848. The summed E-state index contributed by atoms with van der Waals surface area (Å²) in [5.74, 6) is 0.879. The molecule has 2 saturated carbocycles. The maximum Gasteiger partial charge on any atom is 0.0363 e. The van der Waals surface area contributed by atoms with Crippen LogP contribution in [0.5, 0.6) is 0 Å². The molecule has 1 aromatic rings. The Bertz CT molecular complexity index is 440. The van der Waals surface area contributed by atoms with Gasteiger partial charge in [0.2, 0.25) is 0 Å². The molecular weight excluding hydrogens is 256 g/mol. The van der Waals surface area contributed by atoms with Gasteiger partial charge in [0, 0.05) is 37.3 Å². The molecule has 116 valence electrons. The highest BCUT2D eigenvalue weighted by Gasteiger charge is 2.37. The van der Waals surface area contributed by atoms with Gasteiger partial charge in [-0.25, -0.2) is 0 Å². The highest BCUT2D eigenvalue weighted by Crippen LogP contribution is 2.40. The summed E-state index contributed by atoms with van der Waals surface area (Å²) < 4.78 is 0. The first kappa shape index (κ1) is 14.9. The second-order valence-electron chi connectivity index (χ2n) is 7.55. The molecule has 2 nitrogen and oxygen atoms in total. The average molecular weight is 286 g/mol. The van der Waals surface area contributed by atoms with Gasteiger partial charge in [-0.1, -0.05) is 38.0 Å². The van der Waals surface area contributed by atoms with Crippen LogP contribution in [0.15, 0.2) is 30.3 Å². The Hall–Kier alpha value is -1.02. The Balaban J connectivity index is 1.68. The van der Waals surface area contributed by atoms with Gasteiger partial charge in [-0.15, -0.1) is 0 Å². The fraction of sp³-hybridized carbons (Fsp3) is 0.684. The first-order valence-corrected chi connectivity index (χ1v) is 8.66. The summed E-state index contributed by atoms with van der Waals surface area (Å²) in [7, 11) is 2.26. The van der Waals surface area contributed by atoms with Crippen LogP contribution >= 0.6 is 0 Å². The van der Waals surface area contributed by atoms with Crippen LogP contribution in [0, 0.1) is 11.3 Å².